The summed E-state index contributed by atoms with van der Waals surface area (Å²) in [7, 11) is -3.80. The summed E-state index contributed by atoms with van der Waals surface area (Å²) >= 11 is 5.68. The first-order valence-electron chi connectivity index (χ1n) is 8.73. The van der Waals surface area contributed by atoms with Gasteiger partial charge in [0.05, 0.1) is 22.7 Å². The standard InChI is InChI=1S/C18H17ClFN5O2S/c19-14-9-13(3-4-15(14)20)28(26,27)23-7-8-25-18(12-1-2-12)10-16(24-25)17-11-21-5-6-22-17/h3-6,9-12,23H,1-2,7-8H2. The molecule has 28 heavy (non-hydrogen) atoms. The number of benzene rings is 1. The molecule has 1 saturated carbocycles. The van der Waals surface area contributed by atoms with Gasteiger partial charge in [-0.05, 0) is 37.1 Å². The number of halogens is 2. The minimum absolute atomic E-state index is 0.0815. The number of hydrogen-bond donors (Lipinski definition) is 1. The van der Waals surface area contributed by atoms with Crippen LogP contribution in [0.3, 0.4) is 0 Å². The molecule has 1 fully saturated rings. The average molecular weight is 422 g/mol. The van der Waals surface area contributed by atoms with Crippen molar-refractivity contribution in [2.75, 3.05) is 6.54 Å². The second-order valence-electron chi connectivity index (χ2n) is 6.52. The Morgan fingerprint density at radius 2 is 2.04 bits per heavy atom. The molecule has 3 aromatic rings. The van der Waals surface area contributed by atoms with Gasteiger partial charge >= 0.3 is 0 Å². The Balaban J connectivity index is 1.49. The van der Waals surface area contributed by atoms with E-state index in [1.54, 1.807) is 18.6 Å². The molecule has 0 radical (unpaired) electrons. The fourth-order valence-corrected chi connectivity index (χ4v) is 4.18. The maximum atomic E-state index is 13.3. The first-order valence-corrected chi connectivity index (χ1v) is 10.6. The molecule has 146 valence electrons. The van der Waals surface area contributed by atoms with Gasteiger partial charge < -0.3 is 0 Å². The fourth-order valence-electron chi connectivity index (χ4n) is 2.89. The second-order valence-corrected chi connectivity index (χ2v) is 8.69. The van der Waals surface area contributed by atoms with Gasteiger partial charge in [-0.25, -0.2) is 17.5 Å². The molecule has 1 aromatic carbocycles. The van der Waals surface area contributed by atoms with Crippen molar-refractivity contribution in [3.8, 4) is 11.4 Å². The van der Waals surface area contributed by atoms with E-state index in [9.17, 15) is 12.8 Å². The number of aromatic nitrogens is 4. The Hall–Kier alpha value is -2.36. The van der Waals surface area contributed by atoms with E-state index >= 15 is 0 Å². The highest BCUT2D eigenvalue weighted by Gasteiger charge is 2.28. The van der Waals surface area contributed by atoms with E-state index in [4.69, 9.17) is 11.6 Å². The Bertz CT molecular complexity index is 1100. The van der Waals surface area contributed by atoms with Gasteiger partial charge in [-0.3, -0.25) is 14.6 Å². The molecule has 1 N–H and O–H groups in total. The number of nitrogens with zero attached hydrogens (tertiary/aromatic N) is 4. The molecule has 1 aliphatic carbocycles. The normalized spacial score (nSPS) is 14.4. The largest absolute Gasteiger partial charge is 0.267 e. The third-order valence-electron chi connectivity index (χ3n) is 4.45. The van der Waals surface area contributed by atoms with Gasteiger partial charge in [0, 0.05) is 30.6 Å². The summed E-state index contributed by atoms with van der Waals surface area (Å²) in [5, 5.41) is 4.33. The summed E-state index contributed by atoms with van der Waals surface area (Å²) in [4.78, 5) is 8.24. The zero-order valence-electron chi connectivity index (χ0n) is 14.7. The van der Waals surface area contributed by atoms with E-state index in [0.717, 1.165) is 30.7 Å². The fraction of sp³-hybridized carbons (Fsp3) is 0.278. The van der Waals surface area contributed by atoms with Crippen LogP contribution in [-0.2, 0) is 16.6 Å². The molecule has 0 bridgehead atoms. The van der Waals surface area contributed by atoms with Gasteiger partial charge in [-0.1, -0.05) is 11.6 Å². The van der Waals surface area contributed by atoms with Crippen molar-refractivity contribution in [3.05, 3.63) is 59.4 Å². The lowest BCUT2D eigenvalue weighted by molar-refractivity contribution is 0.551. The predicted octanol–water partition coefficient (Wildman–Crippen LogP) is 2.99. The Morgan fingerprint density at radius 1 is 1.21 bits per heavy atom. The van der Waals surface area contributed by atoms with Gasteiger partial charge in [0.15, 0.2) is 0 Å². The molecule has 0 aliphatic heterocycles. The molecule has 0 unspecified atom stereocenters. The minimum Gasteiger partial charge on any atom is -0.267 e. The Labute approximate surface area is 166 Å². The van der Waals surface area contributed by atoms with E-state index < -0.39 is 15.8 Å². The van der Waals surface area contributed by atoms with E-state index in [1.165, 1.54) is 6.07 Å². The smallest absolute Gasteiger partial charge is 0.240 e. The molecule has 10 heteroatoms. The monoisotopic (exact) mass is 421 g/mol. The maximum absolute atomic E-state index is 13.3. The van der Waals surface area contributed by atoms with Crippen LogP contribution in [-0.4, -0.2) is 34.7 Å². The Kier molecular flexibility index (Phi) is 5.13. The van der Waals surface area contributed by atoms with Crippen molar-refractivity contribution >= 4 is 21.6 Å². The van der Waals surface area contributed by atoms with E-state index in [-0.39, 0.29) is 16.5 Å². The van der Waals surface area contributed by atoms with E-state index in [1.807, 2.05) is 10.7 Å². The van der Waals surface area contributed by atoms with Crippen LogP contribution < -0.4 is 4.72 Å². The van der Waals surface area contributed by atoms with Crippen molar-refractivity contribution in [1.29, 1.82) is 0 Å². The first kappa shape index (κ1) is 19.0. The maximum Gasteiger partial charge on any atom is 0.240 e. The zero-order chi connectivity index (χ0) is 19.7. The van der Waals surface area contributed by atoms with Gasteiger partial charge in [0.1, 0.15) is 17.2 Å². The first-order chi connectivity index (χ1) is 13.4. The summed E-state index contributed by atoms with van der Waals surface area (Å²) in [6.07, 6.45) is 7.02. The van der Waals surface area contributed by atoms with Crippen LogP contribution in [0, 0.1) is 5.82 Å². The molecule has 0 amide bonds. The van der Waals surface area contributed by atoms with Gasteiger partial charge in [-0.15, -0.1) is 0 Å². The van der Waals surface area contributed by atoms with Gasteiger partial charge in [0.2, 0.25) is 10.0 Å². The SMILES string of the molecule is O=S(=O)(NCCn1nc(-c2cnccn2)cc1C1CC1)c1ccc(F)c(Cl)c1. The van der Waals surface area contributed by atoms with Crippen LogP contribution in [0.5, 0.6) is 0 Å². The number of nitrogens with one attached hydrogen (secondary N) is 1. The number of rotatable bonds is 7. The summed E-state index contributed by atoms with van der Waals surface area (Å²) in [6, 6.07) is 5.28. The lowest BCUT2D eigenvalue weighted by atomic mass is 10.2. The third-order valence-corrected chi connectivity index (χ3v) is 6.20. The Morgan fingerprint density at radius 3 is 2.71 bits per heavy atom. The molecule has 7 nitrogen and oxygen atoms in total. The highest BCUT2D eigenvalue weighted by molar-refractivity contribution is 7.89. The number of sulfonamides is 1. The highest BCUT2D eigenvalue weighted by Crippen LogP contribution is 2.41. The summed E-state index contributed by atoms with van der Waals surface area (Å²) in [6.45, 7) is 0.499. The molecular weight excluding hydrogens is 405 g/mol. The molecule has 0 spiro atoms. The van der Waals surface area contributed by atoms with Crippen LogP contribution in [0.25, 0.3) is 11.4 Å². The van der Waals surface area contributed by atoms with Crippen molar-refractivity contribution in [2.24, 2.45) is 0 Å². The summed E-state index contributed by atoms with van der Waals surface area (Å²) in [5.74, 6) is -0.229. The van der Waals surface area contributed by atoms with Gasteiger partial charge in [0.25, 0.3) is 0 Å². The van der Waals surface area contributed by atoms with Crippen molar-refractivity contribution < 1.29 is 12.8 Å². The lowest BCUT2D eigenvalue weighted by Gasteiger charge is -2.09. The quantitative estimate of drug-likeness (QED) is 0.633. The van der Waals surface area contributed by atoms with Crippen LogP contribution >= 0.6 is 11.6 Å². The van der Waals surface area contributed by atoms with Crippen LogP contribution in [0.4, 0.5) is 4.39 Å². The third kappa shape index (κ3) is 4.06. The molecule has 0 saturated heterocycles. The summed E-state index contributed by atoms with van der Waals surface area (Å²) < 4.78 is 42.4. The highest BCUT2D eigenvalue weighted by atomic mass is 35.5. The average Bonchev–Trinajstić information content (AvgIpc) is 3.44. The van der Waals surface area contributed by atoms with Crippen LogP contribution in [0.2, 0.25) is 5.02 Å². The number of hydrogen-bond acceptors (Lipinski definition) is 5. The summed E-state index contributed by atoms with van der Waals surface area (Å²) in [5.41, 5.74) is 2.44. The van der Waals surface area contributed by atoms with Crippen molar-refractivity contribution in [1.82, 2.24) is 24.5 Å². The van der Waals surface area contributed by atoms with Crippen LogP contribution in [0.15, 0.2) is 47.8 Å². The van der Waals surface area contributed by atoms with E-state index in [0.29, 0.717) is 23.9 Å². The molecule has 1 aliphatic rings. The van der Waals surface area contributed by atoms with Crippen molar-refractivity contribution in [2.45, 2.75) is 30.2 Å². The molecular formula is C18H17ClFN5O2S. The van der Waals surface area contributed by atoms with Crippen molar-refractivity contribution in [3.63, 3.8) is 0 Å². The molecule has 4 rings (SSSR count). The minimum atomic E-state index is -3.80. The lowest BCUT2D eigenvalue weighted by Crippen LogP contribution is -2.28. The second kappa shape index (κ2) is 7.57. The molecule has 0 atom stereocenters. The topological polar surface area (TPSA) is 89.8 Å². The molecule has 2 heterocycles. The van der Waals surface area contributed by atoms with E-state index in [2.05, 4.69) is 19.8 Å². The van der Waals surface area contributed by atoms with Crippen LogP contribution in [0.1, 0.15) is 24.5 Å². The van der Waals surface area contributed by atoms with Gasteiger partial charge in [-0.2, -0.15) is 5.10 Å². The predicted molar refractivity (Wildman–Crippen MR) is 102 cm³/mol. The molecule has 2 aromatic heterocycles. The zero-order valence-corrected chi connectivity index (χ0v) is 16.3.